The van der Waals surface area contributed by atoms with Gasteiger partial charge >= 0.3 is 0 Å². The van der Waals surface area contributed by atoms with E-state index in [1.54, 1.807) is 0 Å². The maximum atomic E-state index is 12.2. The van der Waals surface area contributed by atoms with Crippen molar-refractivity contribution in [1.82, 2.24) is 4.98 Å². The number of nitro benzene ring substituents is 1. The molecule has 0 bridgehead atoms. The van der Waals surface area contributed by atoms with Crippen LogP contribution in [-0.2, 0) is 10.0 Å². The molecule has 21 heavy (non-hydrogen) atoms. The van der Waals surface area contributed by atoms with Crippen molar-refractivity contribution in [1.29, 1.82) is 0 Å². The molecule has 10 heteroatoms. The van der Waals surface area contributed by atoms with E-state index in [0.29, 0.717) is 0 Å². The number of hydrogen-bond donors (Lipinski definition) is 1. The van der Waals surface area contributed by atoms with Crippen LogP contribution >= 0.6 is 23.2 Å². The molecular formula is C11H7Cl2N3O4S. The number of sulfonamides is 1. The summed E-state index contributed by atoms with van der Waals surface area (Å²) < 4.78 is 26.6. The highest BCUT2D eigenvalue weighted by molar-refractivity contribution is 7.92. The molecule has 1 N–H and O–H groups in total. The first kappa shape index (κ1) is 15.5. The summed E-state index contributed by atoms with van der Waals surface area (Å²) in [4.78, 5) is 13.5. The fourth-order valence-corrected chi connectivity index (χ4v) is 2.93. The molecule has 0 saturated carbocycles. The zero-order valence-electron chi connectivity index (χ0n) is 10.2. The van der Waals surface area contributed by atoms with Crippen molar-refractivity contribution < 1.29 is 13.3 Å². The third-order valence-electron chi connectivity index (χ3n) is 2.44. The molecule has 0 fully saturated rings. The Kier molecular flexibility index (Phi) is 4.31. The Hall–Kier alpha value is -1.90. The smallest absolute Gasteiger partial charge is 0.277 e. The van der Waals surface area contributed by atoms with Crippen molar-refractivity contribution in [3.63, 3.8) is 0 Å². The van der Waals surface area contributed by atoms with E-state index in [4.69, 9.17) is 23.2 Å². The largest absolute Gasteiger partial charge is 0.289 e. The summed E-state index contributed by atoms with van der Waals surface area (Å²) in [5.74, 6) is 0. The van der Waals surface area contributed by atoms with Crippen LogP contribution in [0, 0.1) is 10.1 Å². The van der Waals surface area contributed by atoms with Crippen LogP contribution in [0.15, 0.2) is 41.6 Å². The van der Waals surface area contributed by atoms with Gasteiger partial charge in [0.05, 0.1) is 26.7 Å². The average molecular weight is 348 g/mol. The molecule has 1 aromatic carbocycles. The number of nitrogens with one attached hydrogen (secondary N) is 1. The van der Waals surface area contributed by atoms with Crippen molar-refractivity contribution in [2.24, 2.45) is 0 Å². The lowest BCUT2D eigenvalue weighted by Crippen LogP contribution is -2.13. The van der Waals surface area contributed by atoms with E-state index in [-0.39, 0.29) is 20.6 Å². The van der Waals surface area contributed by atoms with Crippen LogP contribution in [0.4, 0.5) is 11.4 Å². The fraction of sp³-hybridized carbons (Fsp3) is 0. The Morgan fingerprint density at radius 1 is 1.19 bits per heavy atom. The highest BCUT2D eigenvalue weighted by Gasteiger charge is 2.21. The van der Waals surface area contributed by atoms with Crippen LogP contribution in [0.1, 0.15) is 0 Å². The SMILES string of the molecule is O=[N+]([O-])c1cc(S(=O)(=O)Nc2cnccc2Cl)ccc1Cl. The van der Waals surface area contributed by atoms with Gasteiger partial charge in [-0.3, -0.25) is 19.8 Å². The molecule has 0 atom stereocenters. The minimum atomic E-state index is -4.05. The predicted molar refractivity (Wildman–Crippen MR) is 78.2 cm³/mol. The topological polar surface area (TPSA) is 102 Å². The molecule has 2 rings (SSSR count). The Balaban J connectivity index is 2.43. The second kappa shape index (κ2) is 5.84. The minimum absolute atomic E-state index is 0.0665. The van der Waals surface area contributed by atoms with Crippen molar-refractivity contribution in [2.45, 2.75) is 4.90 Å². The number of rotatable bonds is 4. The zero-order valence-corrected chi connectivity index (χ0v) is 12.5. The summed E-state index contributed by atoms with van der Waals surface area (Å²) in [5.41, 5.74) is -0.436. The number of anilines is 1. The Labute approximate surface area is 129 Å². The quantitative estimate of drug-likeness (QED) is 0.676. The summed E-state index contributed by atoms with van der Waals surface area (Å²) in [5, 5.41) is 10.8. The first-order valence-electron chi connectivity index (χ1n) is 5.37. The van der Waals surface area contributed by atoms with E-state index in [2.05, 4.69) is 9.71 Å². The van der Waals surface area contributed by atoms with E-state index in [9.17, 15) is 18.5 Å². The van der Waals surface area contributed by atoms with Gasteiger partial charge in [0, 0.05) is 12.3 Å². The number of nitrogens with zero attached hydrogens (tertiary/aromatic N) is 2. The second-order valence-electron chi connectivity index (χ2n) is 3.83. The summed E-state index contributed by atoms with van der Waals surface area (Å²) >= 11 is 11.5. The lowest BCUT2D eigenvalue weighted by atomic mass is 10.3. The molecule has 0 spiro atoms. The number of pyridine rings is 1. The molecule has 0 saturated heterocycles. The van der Waals surface area contributed by atoms with Gasteiger partial charge in [0.1, 0.15) is 5.02 Å². The van der Waals surface area contributed by atoms with Crippen LogP contribution in [-0.4, -0.2) is 18.3 Å². The van der Waals surface area contributed by atoms with Crippen LogP contribution in [0.2, 0.25) is 10.0 Å². The van der Waals surface area contributed by atoms with E-state index >= 15 is 0 Å². The standard InChI is InChI=1S/C11H7Cl2N3O4S/c12-8-3-4-14-6-10(8)15-21(19,20)7-1-2-9(13)11(5-7)16(17)18/h1-6,15H. The Morgan fingerprint density at radius 2 is 1.90 bits per heavy atom. The van der Waals surface area contributed by atoms with Crippen LogP contribution in [0.3, 0.4) is 0 Å². The van der Waals surface area contributed by atoms with E-state index in [1.165, 1.54) is 18.5 Å². The summed E-state index contributed by atoms with van der Waals surface area (Å²) in [7, 11) is -4.05. The maximum absolute atomic E-state index is 12.2. The molecule has 1 aromatic heterocycles. The van der Waals surface area contributed by atoms with Crippen molar-refractivity contribution in [3.8, 4) is 0 Å². The molecular weight excluding hydrogens is 341 g/mol. The Morgan fingerprint density at radius 3 is 2.52 bits per heavy atom. The lowest BCUT2D eigenvalue weighted by molar-refractivity contribution is -0.384. The molecule has 0 aliphatic carbocycles. The minimum Gasteiger partial charge on any atom is -0.277 e. The highest BCUT2D eigenvalue weighted by Crippen LogP contribution is 2.29. The van der Waals surface area contributed by atoms with Crippen molar-refractivity contribution in [3.05, 3.63) is 56.8 Å². The van der Waals surface area contributed by atoms with Crippen LogP contribution < -0.4 is 4.72 Å². The molecule has 2 aromatic rings. The molecule has 0 aliphatic rings. The van der Waals surface area contributed by atoms with Gasteiger partial charge in [-0.1, -0.05) is 23.2 Å². The molecule has 0 amide bonds. The number of benzene rings is 1. The van der Waals surface area contributed by atoms with Crippen molar-refractivity contribution in [2.75, 3.05) is 4.72 Å². The molecule has 0 radical (unpaired) electrons. The van der Waals surface area contributed by atoms with Gasteiger partial charge in [0.2, 0.25) is 0 Å². The van der Waals surface area contributed by atoms with Gasteiger partial charge < -0.3 is 0 Å². The third kappa shape index (κ3) is 3.41. The van der Waals surface area contributed by atoms with Gasteiger partial charge in [-0.15, -0.1) is 0 Å². The first-order valence-corrected chi connectivity index (χ1v) is 7.61. The molecule has 110 valence electrons. The summed E-state index contributed by atoms with van der Waals surface area (Å²) in [6.07, 6.45) is 2.62. The second-order valence-corrected chi connectivity index (χ2v) is 6.33. The van der Waals surface area contributed by atoms with Crippen molar-refractivity contribution >= 4 is 44.6 Å². The molecule has 7 nitrogen and oxygen atoms in total. The fourth-order valence-electron chi connectivity index (χ4n) is 1.46. The number of aromatic nitrogens is 1. The zero-order chi connectivity index (χ0) is 15.6. The number of halogens is 2. The Bertz CT molecular complexity index is 811. The van der Waals surface area contributed by atoms with Gasteiger partial charge in [-0.05, 0) is 18.2 Å². The predicted octanol–water partition coefficient (Wildman–Crippen LogP) is 3.10. The monoisotopic (exact) mass is 347 g/mol. The molecule has 0 unspecified atom stereocenters. The van der Waals surface area contributed by atoms with E-state index in [0.717, 1.165) is 18.2 Å². The lowest BCUT2D eigenvalue weighted by Gasteiger charge is -2.09. The average Bonchev–Trinajstić information content (AvgIpc) is 2.41. The number of nitro groups is 1. The van der Waals surface area contributed by atoms with Crippen LogP contribution in [0.25, 0.3) is 0 Å². The summed E-state index contributed by atoms with van der Waals surface area (Å²) in [6.45, 7) is 0. The van der Waals surface area contributed by atoms with Gasteiger partial charge in [0.25, 0.3) is 15.7 Å². The third-order valence-corrected chi connectivity index (χ3v) is 4.45. The van der Waals surface area contributed by atoms with Gasteiger partial charge in [0.15, 0.2) is 0 Å². The summed E-state index contributed by atoms with van der Waals surface area (Å²) in [6, 6.07) is 4.57. The van der Waals surface area contributed by atoms with Crippen LogP contribution in [0.5, 0.6) is 0 Å². The normalized spacial score (nSPS) is 11.1. The van der Waals surface area contributed by atoms with E-state index in [1.807, 2.05) is 0 Å². The van der Waals surface area contributed by atoms with E-state index < -0.39 is 20.6 Å². The highest BCUT2D eigenvalue weighted by atomic mass is 35.5. The van der Waals surface area contributed by atoms with Gasteiger partial charge in [-0.25, -0.2) is 8.42 Å². The number of hydrogen-bond acceptors (Lipinski definition) is 5. The maximum Gasteiger partial charge on any atom is 0.289 e. The molecule has 0 aliphatic heterocycles. The first-order chi connectivity index (χ1) is 9.81. The molecule has 1 heterocycles. The van der Waals surface area contributed by atoms with Gasteiger partial charge in [-0.2, -0.15) is 0 Å².